The fraction of sp³-hybridized carbons (Fsp3) is 0.414. The molecule has 0 amide bonds. The van der Waals surface area contributed by atoms with Crippen molar-refractivity contribution in [3.8, 4) is 11.3 Å². The van der Waals surface area contributed by atoms with Gasteiger partial charge in [0.1, 0.15) is 17.0 Å². The van der Waals surface area contributed by atoms with E-state index in [0.29, 0.717) is 17.2 Å². The van der Waals surface area contributed by atoms with Crippen molar-refractivity contribution in [3.05, 3.63) is 64.7 Å². The number of hydrogen-bond donors (Lipinski definition) is 1. The molecule has 9 heteroatoms. The zero-order valence-electron chi connectivity index (χ0n) is 21.4. The second-order valence-electron chi connectivity index (χ2n) is 10.3. The first-order chi connectivity index (χ1) is 18.4. The summed E-state index contributed by atoms with van der Waals surface area (Å²) in [6.45, 7) is 5.42. The molecule has 2 fully saturated rings. The molecule has 6 rings (SSSR count). The van der Waals surface area contributed by atoms with Crippen LogP contribution in [0, 0.1) is 12.7 Å². The fourth-order valence-corrected chi connectivity index (χ4v) is 6.52. The van der Waals surface area contributed by atoms with Crippen LogP contribution in [0.5, 0.6) is 0 Å². The molecule has 2 aromatic carbocycles. The van der Waals surface area contributed by atoms with Gasteiger partial charge in [-0.05, 0) is 56.7 Å². The van der Waals surface area contributed by atoms with Crippen molar-refractivity contribution in [1.29, 1.82) is 0 Å². The van der Waals surface area contributed by atoms with Crippen molar-refractivity contribution in [1.82, 2.24) is 10.1 Å². The second-order valence-corrected chi connectivity index (χ2v) is 11.3. The maximum absolute atomic E-state index is 14.6. The quantitative estimate of drug-likeness (QED) is 0.261. The molecule has 0 unspecified atom stereocenters. The standard InChI is InChI=1S/C29H30FN3O4S/c1-3-19-14-20(10-11-33(19)29-31-26-23(30)12-18(28(34)35)13-24(26)38-29)36-15-22-25(21-7-5-4-6-16(21)2)32-37-27(22)17-8-9-17/h4-7,12-13,17,19-20H,3,8-11,14-15H2,1-2H3,(H,34,35)/t19-,20+/m0/s1. The molecule has 7 nitrogen and oxygen atoms in total. The number of thiazole rings is 1. The Bertz CT molecular complexity index is 1490. The molecular formula is C29H30FN3O4S. The summed E-state index contributed by atoms with van der Waals surface area (Å²) >= 11 is 1.34. The van der Waals surface area contributed by atoms with E-state index in [4.69, 9.17) is 9.26 Å². The lowest BCUT2D eigenvalue weighted by atomic mass is 9.97. The van der Waals surface area contributed by atoms with Gasteiger partial charge in [0, 0.05) is 29.6 Å². The number of carboxylic acids is 1. The number of ether oxygens (including phenoxy) is 1. The monoisotopic (exact) mass is 535 g/mol. The van der Waals surface area contributed by atoms with Crippen LogP contribution in [0.3, 0.4) is 0 Å². The number of aryl methyl sites for hydroxylation is 1. The zero-order valence-corrected chi connectivity index (χ0v) is 22.3. The molecule has 2 aromatic heterocycles. The smallest absolute Gasteiger partial charge is 0.335 e. The van der Waals surface area contributed by atoms with E-state index in [-0.39, 0.29) is 23.2 Å². The number of fused-ring (bicyclic) bond motifs is 1. The maximum Gasteiger partial charge on any atom is 0.335 e. The zero-order chi connectivity index (χ0) is 26.4. The third kappa shape index (κ3) is 4.69. The number of halogens is 1. The highest BCUT2D eigenvalue weighted by Crippen LogP contribution is 2.45. The summed E-state index contributed by atoms with van der Waals surface area (Å²) in [5, 5.41) is 14.5. The van der Waals surface area contributed by atoms with Crippen LogP contribution < -0.4 is 4.90 Å². The highest BCUT2D eigenvalue weighted by atomic mass is 32.1. The highest BCUT2D eigenvalue weighted by molar-refractivity contribution is 7.22. The highest BCUT2D eigenvalue weighted by Gasteiger charge is 2.35. The molecular weight excluding hydrogens is 505 g/mol. The average molecular weight is 536 g/mol. The first-order valence-corrected chi connectivity index (χ1v) is 14.0. The Morgan fingerprint density at radius 3 is 2.82 bits per heavy atom. The Labute approximate surface area is 224 Å². The number of aromatic nitrogens is 2. The molecule has 3 heterocycles. The lowest BCUT2D eigenvalue weighted by Gasteiger charge is -2.39. The van der Waals surface area contributed by atoms with Crippen LogP contribution in [0.25, 0.3) is 21.5 Å². The number of nitrogens with zero attached hydrogens (tertiary/aromatic N) is 3. The van der Waals surface area contributed by atoms with Crippen molar-refractivity contribution in [2.24, 2.45) is 0 Å². The van der Waals surface area contributed by atoms with Crippen molar-refractivity contribution < 1.29 is 23.6 Å². The summed E-state index contributed by atoms with van der Waals surface area (Å²) < 4.78 is 27.5. The predicted octanol–water partition coefficient (Wildman–Crippen LogP) is 6.94. The molecule has 1 saturated heterocycles. The first kappa shape index (κ1) is 25.0. The minimum Gasteiger partial charge on any atom is -0.478 e. The van der Waals surface area contributed by atoms with Gasteiger partial charge < -0.3 is 19.3 Å². The van der Waals surface area contributed by atoms with E-state index in [1.807, 2.05) is 12.1 Å². The third-order valence-electron chi connectivity index (χ3n) is 7.70. The first-order valence-electron chi connectivity index (χ1n) is 13.2. The number of carbonyl (C=O) groups is 1. The Kier molecular flexibility index (Phi) is 6.65. The van der Waals surface area contributed by atoms with Gasteiger partial charge in [0.25, 0.3) is 0 Å². The number of aromatic carboxylic acids is 1. The van der Waals surface area contributed by atoms with Gasteiger partial charge in [0.05, 0.1) is 23.0 Å². The SMILES string of the molecule is CC[C@H]1C[C@H](OCc2c(-c3ccccc3C)noc2C2CC2)CCN1c1nc2c(F)cc(C(=O)O)cc2s1. The van der Waals surface area contributed by atoms with Gasteiger partial charge in [-0.15, -0.1) is 0 Å². The largest absolute Gasteiger partial charge is 0.478 e. The summed E-state index contributed by atoms with van der Waals surface area (Å²) in [5.41, 5.74) is 4.35. The van der Waals surface area contributed by atoms with E-state index in [1.165, 1.54) is 17.4 Å². The lowest BCUT2D eigenvalue weighted by molar-refractivity contribution is 0.0157. The second kappa shape index (κ2) is 10.1. The van der Waals surface area contributed by atoms with Crippen molar-refractivity contribution in [2.45, 2.75) is 70.6 Å². The van der Waals surface area contributed by atoms with Gasteiger partial charge in [0.2, 0.25) is 0 Å². The number of piperidine rings is 1. The van der Waals surface area contributed by atoms with Crippen LogP contribution in [0.1, 0.15) is 72.2 Å². The van der Waals surface area contributed by atoms with Crippen LogP contribution in [0.4, 0.5) is 9.52 Å². The number of carboxylic acid groups (broad SMARTS) is 1. The molecule has 0 radical (unpaired) electrons. The summed E-state index contributed by atoms with van der Waals surface area (Å²) in [6, 6.07) is 11.0. The van der Waals surface area contributed by atoms with Crippen molar-refractivity contribution >= 4 is 32.7 Å². The molecule has 2 aliphatic rings. The molecule has 38 heavy (non-hydrogen) atoms. The molecule has 1 N–H and O–H groups in total. The van der Waals surface area contributed by atoms with Gasteiger partial charge in [-0.1, -0.05) is 47.7 Å². The Balaban J connectivity index is 1.19. The Morgan fingerprint density at radius 1 is 1.26 bits per heavy atom. The van der Waals surface area contributed by atoms with Crippen LogP contribution in [-0.2, 0) is 11.3 Å². The number of rotatable bonds is 8. The van der Waals surface area contributed by atoms with E-state index in [2.05, 4.69) is 41.0 Å². The van der Waals surface area contributed by atoms with E-state index >= 15 is 0 Å². The Morgan fingerprint density at radius 2 is 2.08 bits per heavy atom. The molecule has 1 aliphatic carbocycles. The van der Waals surface area contributed by atoms with Crippen LogP contribution in [-0.4, -0.2) is 39.9 Å². The summed E-state index contributed by atoms with van der Waals surface area (Å²) in [6.07, 6.45) is 4.88. The molecule has 198 valence electrons. The van der Waals surface area contributed by atoms with Crippen LogP contribution in [0.15, 0.2) is 40.9 Å². The minimum absolute atomic E-state index is 0.0614. The minimum atomic E-state index is -1.15. The molecule has 2 atom stereocenters. The summed E-state index contributed by atoms with van der Waals surface area (Å²) in [4.78, 5) is 18.1. The lowest BCUT2D eigenvalue weighted by Crippen LogP contribution is -2.44. The summed E-state index contributed by atoms with van der Waals surface area (Å²) in [5.74, 6) is -0.346. The fourth-order valence-electron chi connectivity index (χ4n) is 5.41. The predicted molar refractivity (Wildman–Crippen MR) is 144 cm³/mol. The van der Waals surface area contributed by atoms with Gasteiger partial charge in [-0.2, -0.15) is 0 Å². The van der Waals surface area contributed by atoms with Gasteiger partial charge in [0.15, 0.2) is 10.9 Å². The van der Waals surface area contributed by atoms with E-state index in [0.717, 1.165) is 78.0 Å². The van der Waals surface area contributed by atoms with Crippen LogP contribution >= 0.6 is 11.3 Å². The topological polar surface area (TPSA) is 88.7 Å². The van der Waals surface area contributed by atoms with Gasteiger partial charge >= 0.3 is 5.97 Å². The average Bonchev–Trinajstić information content (AvgIpc) is 3.52. The Hall–Kier alpha value is -3.30. The maximum atomic E-state index is 14.6. The number of hydrogen-bond acceptors (Lipinski definition) is 7. The van der Waals surface area contributed by atoms with Gasteiger partial charge in [-0.3, -0.25) is 0 Å². The molecule has 1 aliphatic heterocycles. The molecule has 0 spiro atoms. The number of benzene rings is 2. The summed E-state index contributed by atoms with van der Waals surface area (Å²) in [7, 11) is 0. The number of anilines is 1. The third-order valence-corrected chi connectivity index (χ3v) is 8.74. The molecule has 0 bridgehead atoms. The van der Waals surface area contributed by atoms with E-state index in [9.17, 15) is 14.3 Å². The molecule has 1 saturated carbocycles. The van der Waals surface area contributed by atoms with Gasteiger partial charge in [-0.25, -0.2) is 14.2 Å². The van der Waals surface area contributed by atoms with E-state index in [1.54, 1.807) is 0 Å². The molecule has 4 aromatic rings. The van der Waals surface area contributed by atoms with E-state index < -0.39 is 11.8 Å². The van der Waals surface area contributed by atoms with Crippen molar-refractivity contribution in [3.63, 3.8) is 0 Å². The van der Waals surface area contributed by atoms with Crippen LogP contribution in [0.2, 0.25) is 0 Å². The van der Waals surface area contributed by atoms with Crippen molar-refractivity contribution in [2.75, 3.05) is 11.4 Å². The normalized spacial score (nSPS) is 19.8.